The van der Waals surface area contributed by atoms with Crippen LogP contribution in [-0.4, -0.2) is 43.2 Å². The summed E-state index contributed by atoms with van der Waals surface area (Å²) >= 11 is 0. The number of aliphatic hydroxyl groups is 1. The lowest BCUT2D eigenvalue weighted by Gasteiger charge is -2.20. The highest BCUT2D eigenvalue weighted by molar-refractivity contribution is 5.77. The Balaban J connectivity index is 1.59. The SMILES string of the molecule is CC(C)n1cc([C@]2(O)CCN(c3nc4ccccc4[nH]3)C2)nn1. The molecule has 0 aliphatic carbocycles. The molecule has 3 heterocycles. The van der Waals surface area contributed by atoms with E-state index in [0.717, 1.165) is 23.5 Å². The smallest absolute Gasteiger partial charge is 0.203 e. The van der Waals surface area contributed by atoms with Gasteiger partial charge in [0.1, 0.15) is 11.3 Å². The molecular formula is C16H20N6O. The number of β-amino-alcohol motifs (C(OH)–C–C–N with tert-alkyl or cyclic N) is 1. The number of hydrogen-bond acceptors (Lipinski definition) is 5. The normalized spacial score (nSPS) is 21.7. The number of hydrogen-bond donors (Lipinski definition) is 2. The fourth-order valence-electron chi connectivity index (χ4n) is 3.02. The molecule has 0 radical (unpaired) electrons. The summed E-state index contributed by atoms with van der Waals surface area (Å²) in [5.41, 5.74) is 1.59. The third kappa shape index (κ3) is 2.37. The van der Waals surface area contributed by atoms with Crippen molar-refractivity contribution in [3.8, 4) is 0 Å². The van der Waals surface area contributed by atoms with Crippen LogP contribution in [0.2, 0.25) is 0 Å². The lowest BCUT2D eigenvalue weighted by Crippen LogP contribution is -2.31. The van der Waals surface area contributed by atoms with Gasteiger partial charge in [0.05, 0.1) is 23.8 Å². The summed E-state index contributed by atoms with van der Waals surface area (Å²) < 4.78 is 1.77. The number of fused-ring (bicyclic) bond motifs is 1. The van der Waals surface area contributed by atoms with Gasteiger partial charge in [0.15, 0.2) is 0 Å². The Bertz CT molecular complexity index is 805. The molecule has 2 aromatic heterocycles. The molecule has 0 bridgehead atoms. The molecule has 0 spiro atoms. The first-order valence-corrected chi connectivity index (χ1v) is 7.89. The highest BCUT2D eigenvalue weighted by Crippen LogP contribution is 2.33. The Hall–Kier alpha value is -2.41. The molecule has 1 aliphatic rings. The first-order chi connectivity index (χ1) is 11.0. The van der Waals surface area contributed by atoms with E-state index in [1.54, 1.807) is 4.68 Å². The van der Waals surface area contributed by atoms with Crippen LogP contribution >= 0.6 is 0 Å². The van der Waals surface area contributed by atoms with Crippen LogP contribution in [0.25, 0.3) is 11.0 Å². The highest BCUT2D eigenvalue weighted by atomic mass is 16.3. The van der Waals surface area contributed by atoms with E-state index in [0.29, 0.717) is 18.7 Å². The zero-order valence-electron chi connectivity index (χ0n) is 13.3. The van der Waals surface area contributed by atoms with E-state index in [1.165, 1.54) is 0 Å². The van der Waals surface area contributed by atoms with Gasteiger partial charge in [0.25, 0.3) is 0 Å². The predicted octanol–water partition coefficient (Wildman–Crippen LogP) is 1.83. The van der Waals surface area contributed by atoms with Gasteiger partial charge in [-0.25, -0.2) is 9.67 Å². The molecule has 1 aliphatic heterocycles. The van der Waals surface area contributed by atoms with E-state index in [-0.39, 0.29) is 6.04 Å². The number of rotatable bonds is 3. The summed E-state index contributed by atoms with van der Waals surface area (Å²) in [5, 5.41) is 19.2. The van der Waals surface area contributed by atoms with Crippen molar-refractivity contribution >= 4 is 17.0 Å². The van der Waals surface area contributed by atoms with Crippen LogP contribution in [0.3, 0.4) is 0 Å². The van der Waals surface area contributed by atoms with E-state index >= 15 is 0 Å². The molecule has 1 saturated heterocycles. The van der Waals surface area contributed by atoms with Gasteiger partial charge in [-0.15, -0.1) is 5.10 Å². The fraction of sp³-hybridized carbons (Fsp3) is 0.438. The zero-order chi connectivity index (χ0) is 16.0. The second-order valence-electron chi connectivity index (χ2n) is 6.46. The third-order valence-electron chi connectivity index (χ3n) is 4.44. The molecule has 1 atom stereocenters. The number of para-hydroxylation sites is 2. The number of benzene rings is 1. The summed E-state index contributed by atoms with van der Waals surface area (Å²) in [6.07, 6.45) is 2.45. The third-order valence-corrected chi connectivity index (χ3v) is 4.44. The summed E-state index contributed by atoms with van der Waals surface area (Å²) in [6.45, 7) is 5.27. The molecule has 0 unspecified atom stereocenters. The molecule has 0 saturated carbocycles. The minimum atomic E-state index is -0.980. The van der Waals surface area contributed by atoms with Crippen LogP contribution in [0.15, 0.2) is 30.5 Å². The lowest BCUT2D eigenvalue weighted by molar-refractivity contribution is 0.0558. The van der Waals surface area contributed by atoms with Gasteiger partial charge in [-0.2, -0.15) is 0 Å². The molecule has 3 aromatic rings. The van der Waals surface area contributed by atoms with Crippen molar-refractivity contribution < 1.29 is 5.11 Å². The minimum absolute atomic E-state index is 0.229. The van der Waals surface area contributed by atoms with Crippen molar-refractivity contribution in [3.05, 3.63) is 36.2 Å². The Morgan fingerprint density at radius 3 is 2.87 bits per heavy atom. The molecule has 4 rings (SSSR count). The Morgan fingerprint density at radius 1 is 1.30 bits per heavy atom. The van der Waals surface area contributed by atoms with Gasteiger partial charge in [-0.3, -0.25) is 0 Å². The van der Waals surface area contributed by atoms with Crippen LogP contribution in [0.4, 0.5) is 5.95 Å². The number of H-pyrrole nitrogens is 1. The first kappa shape index (κ1) is 14.2. The predicted molar refractivity (Wildman–Crippen MR) is 87.2 cm³/mol. The average Bonchev–Trinajstić information content (AvgIpc) is 3.24. The van der Waals surface area contributed by atoms with Crippen molar-refractivity contribution in [1.82, 2.24) is 25.0 Å². The minimum Gasteiger partial charge on any atom is -0.381 e. The Morgan fingerprint density at radius 2 is 2.13 bits per heavy atom. The van der Waals surface area contributed by atoms with Crippen LogP contribution < -0.4 is 4.90 Å². The fourth-order valence-corrected chi connectivity index (χ4v) is 3.02. The van der Waals surface area contributed by atoms with Crippen LogP contribution in [0.1, 0.15) is 32.0 Å². The number of nitrogens with zero attached hydrogens (tertiary/aromatic N) is 5. The van der Waals surface area contributed by atoms with E-state index in [9.17, 15) is 5.11 Å². The number of anilines is 1. The molecule has 120 valence electrons. The van der Waals surface area contributed by atoms with Gasteiger partial charge in [-0.05, 0) is 26.0 Å². The van der Waals surface area contributed by atoms with Crippen molar-refractivity contribution in [2.24, 2.45) is 0 Å². The van der Waals surface area contributed by atoms with Crippen molar-refractivity contribution in [3.63, 3.8) is 0 Å². The summed E-state index contributed by atoms with van der Waals surface area (Å²) in [7, 11) is 0. The maximum atomic E-state index is 11.0. The van der Waals surface area contributed by atoms with Gasteiger partial charge in [-0.1, -0.05) is 17.3 Å². The maximum absolute atomic E-state index is 11.0. The molecule has 0 amide bonds. The van der Waals surface area contributed by atoms with E-state index in [4.69, 9.17) is 0 Å². The highest BCUT2D eigenvalue weighted by Gasteiger charge is 2.41. The van der Waals surface area contributed by atoms with Gasteiger partial charge in [0.2, 0.25) is 5.95 Å². The average molecular weight is 312 g/mol. The largest absolute Gasteiger partial charge is 0.381 e. The maximum Gasteiger partial charge on any atom is 0.203 e. The van der Waals surface area contributed by atoms with Crippen molar-refractivity contribution in [2.75, 3.05) is 18.0 Å². The number of imidazole rings is 1. The van der Waals surface area contributed by atoms with Crippen LogP contribution in [0, 0.1) is 0 Å². The lowest BCUT2D eigenvalue weighted by atomic mass is 10.00. The molecule has 7 nitrogen and oxygen atoms in total. The van der Waals surface area contributed by atoms with Gasteiger partial charge >= 0.3 is 0 Å². The molecular weight excluding hydrogens is 292 g/mol. The quantitative estimate of drug-likeness (QED) is 0.771. The standard InChI is InChI=1S/C16H20N6O/c1-11(2)22-9-14(19-20-22)16(23)7-8-21(10-16)15-17-12-5-3-4-6-13(12)18-15/h3-6,9,11,23H,7-8,10H2,1-2H3,(H,17,18)/t16-/m0/s1. The van der Waals surface area contributed by atoms with E-state index < -0.39 is 5.60 Å². The molecule has 7 heteroatoms. The second kappa shape index (κ2) is 5.06. The second-order valence-corrected chi connectivity index (χ2v) is 6.46. The molecule has 23 heavy (non-hydrogen) atoms. The van der Waals surface area contributed by atoms with Gasteiger partial charge in [0, 0.05) is 19.0 Å². The zero-order valence-corrected chi connectivity index (χ0v) is 13.3. The van der Waals surface area contributed by atoms with Gasteiger partial charge < -0.3 is 15.0 Å². The Kier molecular flexibility index (Phi) is 3.12. The monoisotopic (exact) mass is 312 g/mol. The number of nitrogens with one attached hydrogen (secondary N) is 1. The van der Waals surface area contributed by atoms with Crippen molar-refractivity contribution in [2.45, 2.75) is 31.9 Å². The summed E-state index contributed by atoms with van der Waals surface area (Å²) in [4.78, 5) is 9.98. The summed E-state index contributed by atoms with van der Waals surface area (Å²) in [6, 6.07) is 8.16. The molecule has 2 N–H and O–H groups in total. The topological polar surface area (TPSA) is 82.9 Å². The number of aromatic amines is 1. The van der Waals surface area contributed by atoms with Crippen LogP contribution in [-0.2, 0) is 5.60 Å². The van der Waals surface area contributed by atoms with Crippen molar-refractivity contribution in [1.29, 1.82) is 0 Å². The summed E-state index contributed by atoms with van der Waals surface area (Å²) in [5.74, 6) is 0.790. The van der Waals surface area contributed by atoms with E-state index in [1.807, 2.05) is 44.3 Å². The van der Waals surface area contributed by atoms with Crippen LogP contribution in [0.5, 0.6) is 0 Å². The molecule has 1 aromatic carbocycles. The molecule has 1 fully saturated rings. The number of aromatic nitrogens is 5. The first-order valence-electron chi connectivity index (χ1n) is 7.89. The van der Waals surface area contributed by atoms with E-state index in [2.05, 4.69) is 25.2 Å². The Labute approximate surface area is 133 Å².